The Hall–Kier alpha value is -3.14. The summed E-state index contributed by atoms with van der Waals surface area (Å²) < 4.78 is 25.6. The summed E-state index contributed by atoms with van der Waals surface area (Å²) in [4.78, 5) is 49.9. The zero-order valence-electron chi connectivity index (χ0n) is 18.4. The number of nitrogens with zero attached hydrogens (tertiary/aromatic N) is 2. The predicted molar refractivity (Wildman–Crippen MR) is 116 cm³/mol. The van der Waals surface area contributed by atoms with Gasteiger partial charge in [-0.15, -0.1) is 0 Å². The van der Waals surface area contributed by atoms with Gasteiger partial charge < -0.3 is 14.8 Å². The molecule has 1 heterocycles. The summed E-state index contributed by atoms with van der Waals surface area (Å²) in [5, 5.41) is 2.19. The molecule has 0 bridgehead atoms. The number of carbonyl (C=O) groups is 2. The van der Waals surface area contributed by atoms with Gasteiger partial charge in [-0.25, -0.2) is 14.0 Å². The number of halogens is 2. The third-order valence-electron chi connectivity index (χ3n) is 4.34. The number of alkyl carbamates (subject to hydrolysis) is 1. The number of nitrogens with one attached hydrogen (secondary N) is 1. The molecule has 1 aromatic carbocycles. The molecule has 0 aliphatic heterocycles. The highest BCUT2D eigenvalue weighted by Crippen LogP contribution is 2.27. The molecule has 0 spiro atoms. The van der Waals surface area contributed by atoms with Crippen molar-refractivity contribution in [3.05, 3.63) is 56.1 Å². The molecule has 2 aromatic rings. The van der Waals surface area contributed by atoms with Crippen LogP contribution in [0, 0.1) is 5.82 Å². The highest BCUT2D eigenvalue weighted by atomic mass is 35.5. The Morgan fingerprint density at radius 3 is 2.47 bits per heavy atom. The lowest BCUT2D eigenvalue weighted by Crippen LogP contribution is -2.46. The van der Waals surface area contributed by atoms with Crippen molar-refractivity contribution in [3.63, 3.8) is 0 Å². The third kappa shape index (κ3) is 5.97. The van der Waals surface area contributed by atoms with Gasteiger partial charge >= 0.3 is 17.8 Å². The molecule has 0 unspecified atom stereocenters. The van der Waals surface area contributed by atoms with E-state index in [-0.39, 0.29) is 22.7 Å². The summed E-state index contributed by atoms with van der Waals surface area (Å²) >= 11 is 6.05. The first kappa shape index (κ1) is 25.1. The quantitative estimate of drug-likeness (QED) is 0.651. The molecule has 1 atom stereocenters. The van der Waals surface area contributed by atoms with Crippen LogP contribution >= 0.6 is 11.6 Å². The minimum atomic E-state index is -0.835. The maximum atomic E-state index is 14.0. The van der Waals surface area contributed by atoms with Crippen LogP contribution in [0.1, 0.15) is 33.7 Å². The van der Waals surface area contributed by atoms with Crippen LogP contribution < -0.4 is 16.6 Å². The van der Waals surface area contributed by atoms with E-state index in [1.165, 1.54) is 19.1 Å². The number of aromatic nitrogens is 2. The van der Waals surface area contributed by atoms with Crippen molar-refractivity contribution in [2.75, 3.05) is 13.7 Å². The molecule has 1 aromatic heterocycles. The monoisotopic (exact) mass is 469 g/mol. The van der Waals surface area contributed by atoms with Gasteiger partial charge in [0, 0.05) is 18.3 Å². The summed E-state index contributed by atoms with van der Waals surface area (Å²) in [5.74, 6) is -1.48. The van der Waals surface area contributed by atoms with Crippen LogP contribution in [0.5, 0.6) is 0 Å². The molecule has 0 aliphatic rings. The van der Waals surface area contributed by atoms with Crippen LogP contribution in [-0.4, -0.2) is 40.5 Å². The van der Waals surface area contributed by atoms with Gasteiger partial charge in [-0.1, -0.05) is 23.7 Å². The molecular formula is C21H25ClFN3O6. The second-order valence-electron chi connectivity index (χ2n) is 8.04. The van der Waals surface area contributed by atoms with Crippen molar-refractivity contribution < 1.29 is 23.5 Å². The number of carbonyl (C=O) groups excluding carboxylic acids is 2. The van der Waals surface area contributed by atoms with E-state index < -0.39 is 47.3 Å². The number of methoxy groups -OCH3 is 1. The van der Waals surface area contributed by atoms with E-state index in [0.29, 0.717) is 0 Å². The highest BCUT2D eigenvalue weighted by molar-refractivity contribution is 6.33. The van der Waals surface area contributed by atoms with Crippen molar-refractivity contribution in [1.29, 1.82) is 0 Å². The van der Waals surface area contributed by atoms with Gasteiger partial charge in [-0.2, -0.15) is 0 Å². The first-order valence-electron chi connectivity index (χ1n) is 9.69. The average molecular weight is 470 g/mol. The van der Waals surface area contributed by atoms with Crippen LogP contribution in [-0.2, 0) is 20.8 Å². The van der Waals surface area contributed by atoms with Crippen LogP contribution in [0.2, 0.25) is 5.02 Å². The smallest absolute Gasteiger partial charge is 0.407 e. The SMILES string of the molecule is COC(=O)Cn1cc(-c2cccc(F)c2Cl)c(=O)n([C@@H](C)CNC(=O)OC(C)(C)C)c1=O. The topological polar surface area (TPSA) is 109 Å². The minimum Gasteiger partial charge on any atom is -0.468 e. The highest BCUT2D eigenvalue weighted by Gasteiger charge is 2.22. The number of ether oxygens (including phenoxy) is 2. The summed E-state index contributed by atoms with van der Waals surface area (Å²) in [5.41, 5.74) is -2.35. The minimum absolute atomic E-state index is 0.0522. The molecule has 0 fully saturated rings. The summed E-state index contributed by atoms with van der Waals surface area (Å²) in [6.45, 7) is 6.00. The van der Waals surface area contributed by atoms with E-state index in [1.54, 1.807) is 20.8 Å². The molecule has 0 radical (unpaired) electrons. The van der Waals surface area contributed by atoms with Crippen molar-refractivity contribution in [2.24, 2.45) is 0 Å². The first-order valence-corrected chi connectivity index (χ1v) is 10.1. The molecule has 1 N–H and O–H groups in total. The Kier molecular flexibility index (Phi) is 7.84. The number of hydrogen-bond donors (Lipinski definition) is 1. The van der Waals surface area contributed by atoms with E-state index >= 15 is 0 Å². The second-order valence-corrected chi connectivity index (χ2v) is 8.42. The van der Waals surface area contributed by atoms with E-state index in [0.717, 1.165) is 28.5 Å². The normalized spacial score (nSPS) is 12.2. The molecule has 1 amide bonds. The molecular weight excluding hydrogens is 445 g/mol. The van der Waals surface area contributed by atoms with Crippen LogP contribution in [0.4, 0.5) is 9.18 Å². The van der Waals surface area contributed by atoms with Crippen molar-refractivity contribution in [3.8, 4) is 11.1 Å². The van der Waals surface area contributed by atoms with Gasteiger partial charge in [0.1, 0.15) is 18.0 Å². The Labute approximate surface area is 188 Å². The van der Waals surface area contributed by atoms with Gasteiger partial charge in [-0.3, -0.25) is 18.7 Å². The number of amides is 1. The fourth-order valence-electron chi connectivity index (χ4n) is 2.86. The fourth-order valence-corrected chi connectivity index (χ4v) is 3.09. The molecule has 0 aliphatic carbocycles. The zero-order chi connectivity index (χ0) is 24.2. The van der Waals surface area contributed by atoms with Gasteiger partial charge in [0.25, 0.3) is 5.56 Å². The average Bonchev–Trinajstić information content (AvgIpc) is 2.69. The summed E-state index contributed by atoms with van der Waals surface area (Å²) in [7, 11) is 1.15. The number of esters is 1. The van der Waals surface area contributed by atoms with Crippen LogP contribution in [0.25, 0.3) is 11.1 Å². The second kappa shape index (κ2) is 9.99. The Morgan fingerprint density at radius 2 is 1.88 bits per heavy atom. The first-order chi connectivity index (χ1) is 14.9. The summed E-state index contributed by atoms with van der Waals surface area (Å²) in [6, 6.07) is 3.08. The number of hydrogen-bond acceptors (Lipinski definition) is 6. The standard InChI is InChI=1S/C21H25ClFN3O6/c1-12(9-24-19(29)32-21(2,3)4)26-18(28)14(13-7-6-8-15(23)17(13)22)10-25(20(26)30)11-16(27)31-5/h6-8,10,12H,9,11H2,1-5H3,(H,24,29)/t12-/m0/s1. The number of rotatable bonds is 6. The molecule has 0 saturated carbocycles. The molecule has 2 rings (SSSR count). The fraction of sp³-hybridized carbons (Fsp3) is 0.429. The molecule has 174 valence electrons. The van der Waals surface area contributed by atoms with Crippen molar-refractivity contribution in [1.82, 2.24) is 14.5 Å². The third-order valence-corrected chi connectivity index (χ3v) is 4.72. The van der Waals surface area contributed by atoms with E-state index in [9.17, 15) is 23.6 Å². The summed E-state index contributed by atoms with van der Waals surface area (Å²) in [6.07, 6.45) is 0.406. The van der Waals surface area contributed by atoms with Crippen molar-refractivity contribution >= 4 is 23.7 Å². The largest absolute Gasteiger partial charge is 0.468 e. The lowest BCUT2D eigenvalue weighted by atomic mass is 10.1. The maximum absolute atomic E-state index is 14.0. The zero-order valence-corrected chi connectivity index (χ0v) is 19.2. The van der Waals surface area contributed by atoms with E-state index in [1.807, 2.05) is 0 Å². The van der Waals surface area contributed by atoms with E-state index in [4.69, 9.17) is 16.3 Å². The molecule has 9 nitrogen and oxygen atoms in total. The lowest BCUT2D eigenvalue weighted by Gasteiger charge is -2.22. The lowest BCUT2D eigenvalue weighted by molar-refractivity contribution is -0.141. The van der Waals surface area contributed by atoms with Crippen LogP contribution in [0.3, 0.4) is 0 Å². The number of benzene rings is 1. The van der Waals surface area contributed by atoms with Gasteiger partial charge in [0.05, 0.1) is 23.7 Å². The Morgan fingerprint density at radius 1 is 1.22 bits per heavy atom. The van der Waals surface area contributed by atoms with Crippen molar-refractivity contribution in [2.45, 2.75) is 45.9 Å². The maximum Gasteiger partial charge on any atom is 0.407 e. The van der Waals surface area contributed by atoms with E-state index in [2.05, 4.69) is 10.1 Å². The van der Waals surface area contributed by atoms with Gasteiger partial charge in [-0.05, 0) is 33.8 Å². The predicted octanol–water partition coefficient (Wildman–Crippen LogP) is 2.73. The van der Waals surface area contributed by atoms with Crippen LogP contribution in [0.15, 0.2) is 34.0 Å². The Balaban J connectivity index is 2.55. The Bertz CT molecular complexity index is 1140. The van der Waals surface area contributed by atoms with Gasteiger partial charge in [0.15, 0.2) is 0 Å². The van der Waals surface area contributed by atoms with Gasteiger partial charge in [0.2, 0.25) is 0 Å². The molecule has 11 heteroatoms. The molecule has 0 saturated heterocycles. The molecule has 32 heavy (non-hydrogen) atoms.